The third-order valence-corrected chi connectivity index (χ3v) is 4.72. The van der Waals surface area contributed by atoms with Gasteiger partial charge in [-0.05, 0) is 30.7 Å². The number of aromatic amines is 1. The highest BCUT2D eigenvalue weighted by molar-refractivity contribution is 5.94. The van der Waals surface area contributed by atoms with Crippen molar-refractivity contribution in [1.29, 1.82) is 5.26 Å². The molecule has 1 aliphatic heterocycles. The zero-order valence-corrected chi connectivity index (χ0v) is 11.1. The van der Waals surface area contributed by atoms with Gasteiger partial charge in [-0.3, -0.25) is 4.79 Å². The molecular weight excluding hydrogens is 250 g/mol. The lowest BCUT2D eigenvalue weighted by molar-refractivity contribution is 0.581. The molecular formula is C16H15N3O. The molecule has 0 amide bonds. The fourth-order valence-corrected chi connectivity index (χ4v) is 3.37. The lowest BCUT2D eigenvalue weighted by Gasteiger charge is -2.21. The van der Waals surface area contributed by atoms with Crippen LogP contribution in [-0.4, -0.2) is 18.1 Å². The molecule has 4 heteroatoms. The highest BCUT2D eigenvalue weighted by Crippen LogP contribution is 2.53. The third-order valence-electron chi connectivity index (χ3n) is 4.72. The maximum atomic E-state index is 12.1. The molecule has 1 spiro atoms. The van der Waals surface area contributed by atoms with Gasteiger partial charge >= 0.3 is 0 Å². The Labute approximate surface area is 116 Å². The number of pyridine rings is 1. The second kappa shape index (κ2) is 3.86. The van der Waals surface area contributed by atoms with E-state index in [0.29, 0.717) is 5.41 Å². The third kappa shape index (κ3) is 1.56. The van der Waals surface area contributed by atoms with E-state index in [1.807, 2.05) is 24.3 Å². The smallest absolute Gasteiger partial charge is 0.268 e. The molecule has 2 heterocycles. The van der Waals surface area contributed by atoms with Crippen molar-refractivity contribution in [3.8, 4) is 6.07 Å². The van der Waals surface area contributed by atoms with Crippen molar-refractivity contribution in [2.45, 2.75) is 19.3 Å². The van der Waals surface area contributed by atoms with E-state index in [4.69, 9.17) is 0 Å². The number of hydrogen-bond donors (Lipinski definition) is 1. The predicted octanol–water partition coefficient (Wildman–Crippen LogP) is 2.39. The quantitative estimate of drug-likeness (QED) is 0.861. The van der Waals surface area contributed by atoms with E-state index in [1.54, 1.807) is 0 Å². The summed E-state index contributed by atoms with van der Waals surface area (Å²) in [6.07, 6.45) is 3.75. The molecule has 0 radical (unpaired) electrons. The summed E-state index contributed by atoms with van der Waals surface area (Å²) in [6.45, 7) is 1.93. The van der Waals surface area contributed by atoms with Crippen LogP contribution in [0.2, 0.25) is 0 Å². The van der Waals surface area contributed by atoms with Gasteiger partial charge in [-0.1, -0.05) is 18.2 Å². The Balaban J connectivity index is 1.96. The van der Waals surface area contributed by atoms with Crippen LogP contribution in [-0.2, 0) is 0 Å². The maximum absolute atomic E-state index is 12.1. The van der Waals surface area contributed by atoms with Crippen LogP contribution < -0.4 is 10.5 Å². The summed E-state index contributed by atoms with van der Waals surface area (Å²) < 4.78 is 0. The zero-order valence-electron chi connectivity index (χ0n) is 11.1. The molecule has 2 aliphatic rings. The van der Waals surface area contributed by atoms with Crippen molar-refractivity contribution in [2.24, 2.45) is 5.41 Å². The van der Waals surface area contributed by atoms with Gasteiger partial charge in [-0.25, -0.2) is 0 Å². The molecule has 1 saturated carbocycles. The number of aromatic nitrogens is 1. The number of fused-ring (bicyclic) bond motifs is 1. The van der Waals surface area contributed by atoms with E-state index in [9.17, 15) is 10.1 Å². The minimum atomic E-state index is -0.280. The summed E-state index contributed by atoms with van der Waals surface area (Å²) in [6, 6.07) is 9.83. The van der Waals surface area contributed by atoms with Crippen molar-refractivity contribution < 1.29 is 0 Å². The topological polar surface area (TPSA) is 59.9 Å². The number of anilines is 1. The van der Waals surface area contributed by atoms with E-state index in [1.165, 1.54) is 19.3 Å². The summed E-state index contributed by atoms with van der Waals surface area (Å²) in [5, 5.41) is 10.3. The van der Waals surface area contributed by atoms with Crippen LogP contribution in [0.1, 0.15) is 24.8 Å². The standard InChI is InChI=1S/C16H15N3O/c17-9-12-14(19-8-7-16(10-19)5-6-16)11-3-1-2-4-13(11)18-15(12)20/h1-4H,5-8,10H2,(H,18,20). The predicted molar refractivity (Wildman–Crippen MR) is 77.8 cm³/mol. The van der Waals surface area contributed by atoms with Gasteiger partial charge < -0.3 is 9.88 Å². The second-order valence-electron chi connectivity index (χ2n) is 6.01. The van der Waals surface area contributed by atoms with Gasteiger partial charge in [-0.2, -0.15) is 5.26 Å². The zero-order chi connectivity index (χ0) is 13.7. The highest BCUT2D eigenvalue weighted by atomic mass is 16.1. The van der Waals surface area contributed by atoms with Crippen LogP contribution in [0.3, 0.4) is 0 Å². The number of rotatable bonds is 1. The van der Waals surface area contributed by atoms with E-state index in [2.05, 4.69) is 16.0 Å². The average Bonchev–Trinajstić information content (AvgIpc) is 3.08. The number of H-pyrrole nitrogens is 1. The Morgan fingerprint density at radius 3 is 2.75 bits per heavy atom. The van der Waals surface area contributed by atoms with Gasteiger partial charge in [0.25, 0.3) is 5.56 Å². The molecule has 100 valence electrons. The number of benzene rings is 1. The van der Waals surface area contributed by atoms with E-state index in [-0.39, 0.29) is 11.1 Å². The van der Waals surface area contributed by atoms with Crippen LogP contribution in [0.25, 0.3) is 10.9 Å². The Hall–Kier alpha value is -2.28. The Bertz CT molecular complexity index is 795. The van der Waals surface area contributed by atoms with Gasteiger partial charge in [0.1, 0.15) is 11.6 Å². The molecule has 2 fully saturated rings. The van der Waals surface area contributed by atoms with E-state index >= 15 is 0 Å². The molecule has 20 heavy (non-hydrogen) atoms. The largest absolute Gasteiger partial charge is 0.369 e. The van der Waals surface area contributed by atoms with E-state index < -0.39 is 0 Å². The molecule has 1 aromatic heterocycles. The highest BCUT2D eigenvalue weighted by Gasteiger charge is 2.48. The molecule has 4 rings (SSSR count). The first-order chi connectivity index (χ1) is 9.72. The molecule has 1 aromatic carbocycles. The fourth-order valence-electron chi connectivity index (χ4n) is 3.37. The molecule has 1 aliphatic carbocycles. The number of hydrogen-bond acceptors (Lipinski definition) is 3. The SMILES string of the molecule is N#Cc1c(N2CCC3(CC3)C2)c2ccccc2[nH]c1=O. The summed E-state index contributed by atoms with van der Waals surface area (Å²) >= 11 is 0. The first-order valence-electron chi connectivity index (χ1n) is 7.03. The molecule has 1 saturated heterocycles. The number of para-hydroxylation sites is 1. The van der Waals surface area contributed by atoms with Crippen molar-refractivity contribution >= 4 is 16.6 Å². The number of nitriles is 1. The average molecular weight is 265 g/mol. The summed E-state index contributed by atoms with van der Waals surface area (Å²) in [7, 11) is 0. The maximum Gasteiger partial charge on any atom is 0.268 e. The Morgan fingerprint density at radius 1 is 1.25 bits per heavy atom. The summed E-state index contributed by atoms with van der Waals surface area (Å²) in [5.74, 6) is 0. The first-order valence-corrected chi connectivity index (χ1v) is 7.03. The van der Waals surface area contributed by atoms with Gasteiger partial charge in [0, 0.05) is 18.5 Å². The van der Waals surface area contributed by atoms with Crippen molar-refractivity contribution in [3.63, 3.8) is 0 Å². The number of nitrogens with one attached hydrogen (secondary N) is 1. The summed E-state index contributed by atoms with van der Waals surface area (Å²) in [5.41, 5.74) is 2.08. The van der Waals surface area contributed by atoms with E-state index in [0.717, 1.165) is 29.7 Å². The Morgan fingerprint density at radius 2 is 2.05 bits per heavy atom. The normalized spacial score (nSPS) is 19.4. The molecule has 0 atom stereocenters. The van der Waals surface area contributed by atoms with Crippen LogP contribution in [0.15, 0.2) is 29.1 Å². The van der Waals surface area contributed by atoms with Crippen LogP contribution in [0.4, 0.5) is 5.69 Å². The molecule has 1 N–H and O–H groups in total. The minimum Gasteiger partial charge on any atom is -0.369 e. The molecule has 4 nitrogen and oxygen atoms in total. The molecule has 2 aromatic rings. The van der Waals surface area contributed by atoms with Crippen LogP contribution in [0, 0.1) is 16.7 Å². The van der Waals surface area contributed by atoms with Gasteiger partial charge in [-0.15, -0.1) is 0 Å². The number of nitrogens with zero attached hydrogens (tertiary/aromatic N) is 2. The lowest BCUT2D eigenvalue weighted by Crippen LogP contribution is -2.25. The minimum absolute atomic E-state index is 0.251. The van der Waals surface area contributed by atoms with Crippen LogP contribution in [0.5, 0.6) is 0 Å². The van der Waals surface area contributed by atoms with Crippen molar-refractivity contribution in [1.82, 2.24) is 4.98 Å². The van der Waals surface area contributed by atoms with Crippen molar-refractivity contribution in [2.75, 3.05) is 18.0 Å². The second-order valence-corrected chi connectivity index (χ2v) is 6.01. The fraction of sp³-hybridized carbons (Fsp3) is 0.375. The monoisotopic (exact) mass is 265 g/mol. The summed E-state index contributed by atoms with van der Waals surface area (Å²) in [4.78, 5) is 17.2. The molecule has 0 unspecified atom stereocenters. The van der Waals surface area contributed by atoms with Gasteiger partial charge in [0.15, 0.2) is 0 Å². The van der Waals surface area contributed by atoms with Crippen LogP contribution >= 0.6 is 0 Å². The molecule has 0 bridgehead atoms. The van der Waals surface area contributed by atoms with Gasteiger partial charge in [0.2, 0.25) is 0 Å². The van der Waals surface area contributed by atoms with Crippen molar-refractivity contribution in [3.05, 3.63) is 40.2 Å². The lowest BCUT2D eigenvalue weighted by atomic mass is 10.1. The Kier molecular flexibility index (Phi) is 2.23. The first kappa shape index (κ1) is 11.5. The van der Waals surface area contributed by atoms with Gasteiger partial charge in [0.05, 0.1) is 11.2 Å².